The minimum Gasteiger partial charge on any atom is -0.320 e. The molecule has 0 aliphatic carbocycles. The minimum atomic E-state index is -4.35. The van der Waals surface area contributed by atoms with Gasteiger partial charge in [-0.3, -0.25) is 4.79 Å². The van der Waals surface area contributed by atoms with Gasteiger partial charge in [0.1, 0.15) is 0 Å². The van der Waals surface area contributed by atoms with Gasteiger partial charge in [-0.25, -0.2) is 4.68 Å². The normalized spacial score (nSPS) is 16.0. The van der Waals surface area contributed by atoms with E-state index in [1.807, 2.05) is 0 Å². The maximum atomic E-state index is 12.6. The zero-order chi connectivity index (χ0) is 17.9. The van der Waals surface area contributed by atoms with Gasteiger partial charge in [0.05, 0.1) is 18.7 Å². The number of anilines is 1. The fourth-order valence-corrected chi connectivity index (χ4v) is 2.83. The molecule has 1 aliphatic heterocycles. The number of rotatable bonds is 4. The lowest BCUT2D eigenvalue weighted by molar-refractivity contribution is -0.127. The summed E-state index contributed by atoms with van der Waals surface area (Å²) >= 11 is 0. The van der Waals surface area contributed by atoms with Gasteiger partial charge in [0.25, 0.3) is 5.91 Å². The Labute approximate surface area is 142 Å². The zero-order valence-corrected chi connectivity index (χ0v) is 13.4. The first kappa shape index (κ1) is 17.4. The first-order chi connectivity index (χ1) is 11.9. The van der Waals surface area contributed by atoms with Crippen molar-refractivity contribution < 1.29 is 18.0 Å². The van der Waals surface area contributed by atoms with E-state index >= 15 is 0 Å². The Morgan fingerprint density at radius 1 is 1.28 bits per heavy atom. The molecule has 0 unspecified atom stereocenters. The lowest BCUT2D eigenvalue weighted by Crippen LogP contribution is -2.29. The van der Waals surface area contributed by atoms with Crippen LogP contribution in [0.25, 0.3) is 0 Å². The van der Waals surface area contributed by atoms with Crippen LogP contribution in [-0.2, 0) is 6.42 Å². The Balaban J connectivity index is 1.71. The van der Waals surface area contributed by atoms with E-state index in [1.54, 1.807) is 10.7 Å². The molecule has 1 saturated heterocycles. The first-order valence-electron chi connectivity index (χ1n) is 8.01. The SMILES string of the molecule is O=C(Nc1ccccc1CC(F)(F)F)c1cn(C2CCNCC2)nn1. The van der Waals surface area contributed by atoms with Crippen LogP contribution < -0.4 is 10.6 Å². The molecule has 1 aromatic heterocycles. The number of alkyl halides is 3. The summed E-state index contributed by atoms with van der Waals surface area (Å²) in [6.07, 6.45) is -2.14. The summed E-state index contributed by atoms with van der Waals surface area (Å²) in [6.45, 7) is 1.74. The third-order valence-corrected chi connectivity index (χ3v) is 4.08. The molecule has 1 aromatic carbocycles. The number of carbonyl (C=O) groups excluding carboxylic acids is 1. The molecule has 0 saturated carbocycles. The van der Waals surface area contributed by atoms with E-state index in [4.69, 9.17) is 0 Å². The molecule has 3 rings (SSSR count). The highest BCUT2D eigenvalue weighted by atomic mass is 19.4. The van der Waals surface area contributed by atoms with Gasteiger partial charge in [-0.15, -0.1) is 5.10 Å². The van der Waals surface area contributed by atoms with Crippen LogP contribution in [0, 0.1) is 0 Å². The average molecular weight is 353 g/mol. The molecule has 9 heteroatoms. The number of piperidine rings is 1. The van der Waals surface area contributed by atoms with Crippen molar-refractivity contribution in [3.05, 3.63) is 41.7 Å². The van der Waals surface area contributed by atoms with Crippen LogP contribution in [0.1, 0.15) is 34.9 Å². The molecule has 25 heavy (non-hydrogen) atoms. The van der Waals surface area contributed by atoms with Crippen molar-refractivity contribution in [3.8, 4) is 0 Å². The summed E-state index contributed by atoms with van der Waals surface area (Å²) in [5.74, 6) is -0.574. The van der Waals surface area contributed by atoms with Crippen LogP contribution in [0.3, 0.4) is 0 Å². The monoisotopic (exact) mass is 353 g/mol. The highest BCUT2D eigenvalue weighted by Gasteiger charge is 2.29. The van der Waals surface area contributed by atoms with E-state index in [9.17, 15) is 18.0 Å². The van der Waals surface area contributed by atoms with E-state index in [1.165, 1.54) is 24.4 Å². The summed E-state index contributed by atoms with van der Waals surface area (Å²) in [6, 6.07) is 6.03. The second-order valence-electron chi connectivity index (χ2n) is 5.97. The van der Waals surface area contributed by atoms with Crippen molar-refractivity contribution in [2.45, 2.75) is 31.5 Å². The maximum Gasteiger partial charge on any atom is 0.393 e. The summed E-state index contributed by atoms with van der Waals surface area (Å²) < 4.78 is 39.6. The molecule has 6 nitrogen and oxygen atoms in total. The molecule has 0 spiro atoms. The molecule has 1 fully saturated rings. The first-order valence-corrected chi connectivity index (χ1v) is 8.01. The second kappa shape index (κ2) is 7.22. The number of hydrogen-bond donors (Lipinski definition) is 2. The average Bonchev–Trinajstić information content (AvgIpc) is 3.06. The van der Waals surface area contributed by atoms with Crippen LogP contribution >= 0.6 is 0 Å². The summed E-state index contributed by atoms with van der Waals surface area (Å²) in [4.78, 5) is 12.3. The Kier molecular flexibility index (Phi) is 5.03. The van der Waals surface area contributed by atoms with Gasteiger partial charge < -0.3 is 10.6 Å². The highest BCUT2D eigenvalue weighted by Crippen LogP contribution is 2.26. The molecular weight excluding hydrogens is 335 g/mol. The van der Waals surface area contributed by atoms with Gasteiger partial charge in [-0.2, -0.15) is 13.2 Å². The van der Waals surface area contributed by atoms with Crippen LogP contribution in [0.5, 0.6) is 0 Å². The van der Waals surface area contributed by atoms with Gasteiger partial charge >= 0.3 is 6.18 Å². The zero-order valence-electron chi connectivity index (χ0n) is 13.4. The lowest BCUT2D eigenvalue weighted by Gasteiger charge is -2.22. The minimum absolute atomic E-state index is 0.00842. The predicted octanol–water partition coefficient (Wildman–Crippen LogP) is 2.56. The fraction of sp³-hybridized carbons (Fsp3) is 0.438. The Hall–Kier alpha value is -2.42. The highest BCUT2D eigenvalue weighted by molar-refractivity contribution is 6.03. The molecule has 0 atom stereocenters. The summed E-state index contributed by atoms with van der Waals surface area (Å²) in [5, 5.41) is 13.6. The summed E-state index contributed by atoms with van der Waals surface area (Å²) in [5.41, 5.74) is 0.218. The van der Waals surface area contributed by atoms with Crippen molar-refractivity contribution >= 4 is 11.6 Å². The molecule has 0 bridgehead atoms. The molecule has 1 amide bonds. The Morgan fingerprint density at radius 3 is 2.72 bits per heavy atom. The molecule has 0 radical (unpaired) electrons. The van der Waals surface area contributed by atoms with Gasteiger partial charge in [0.2, 0.25) is 0 Å². The number of halogens is 3. The number of para-hydroxylation sites is 1. The van der Waals surface area contributed by atoms with Gasteiger partial charge in [0.15, 0.2) is 5.69 Å². The van der Waals surface area contributed by atoms with Crippen LogP contribution in [0.2, 0.25) is 0 Å². The van der Waals surface area contributed by atoms with Crippen molar-refractivity contribution in [1.82, 2.24) is 20.3 Å². The molecule has 2 heterocycles. The van der Waals surface area contributed by atoms with Gasteiger partial charge in [-0.1, -0.05) is 23.4 Å². The molecule has 134 valence electrons. The number of nitrogens with zero attached hydrogens (tertiary/aromatic N) is 3. The number of amides is 1. The number of carbonyl (C=O) groups is 1. The number of aromatic nitrogens is 3. The number of hydrogen-bond acceptors (Lipinski definition) is 4. The van der Waals surface area contributed by atoms with Gasteiger partial charge in [-0.05, 0) is 37.6 Å². The van der Waals surface area contributed by atoms with E-state index in [0.717, 1.165) is 25.9 Å². The van der Waals surface area contributed by atoms with Crippen LogP contribution in [0.4, 0.5) is 18.9 Å². The van der Waals surface area contributed by atoms with E-state index in [-0.39, 0.29) is 23.0 Å². The van der Waals surface area contributed by atoms with E-state index in [0.29, 0.717) is 0 Å². The molecule has 2 N–H and O–H groups in total. The summed E-state index contributed by atoms with van der Waals surface area (Å²) in [7, 11) is 0. The Morgan fingerprint density at radius 2 is 2.00 bits per heavy atom. The molecule has 1 aliphatic rings. The smallest absolute Gasteiger partial charge is 0.320 e. The third kappa shape index (κ3) is 4.56. The van der Waals surface area contributed by atoms with Crippen molar-refractivity contribution in [1.29, 1.82) is 0 Å². The maximum absolute atomic E-state index is 12.6. The quantitative estimate of drug-likeness (QED) is 0.886. The number of nitrogens with one attached hydrogen (secondary N) is 2. The van der Waals surface area contributed by atoms with E-state index < -0.39 is 18.5 Å². The topological polar surface area (TPSA) is 71.8 Å². The Bertz CT molecular complexity index is 737. The van der Waals surface area contributed by atoms with Crippen LogP contribution in [0.15, 0.2) is 30.5 Å². The third-order valence-electron chi connectivity index (χ3n) is 4.08. The van der Waals surface area contributed by atoms with E-state index in [2.05, 4.69) is 20.9 Å². The lowest BCUT2D eigenvalue weighted by atomic mass is 10.1. The largest absolute Gasteiger partial charge is 0.393 e. The second-order valence-corrected chi connectivity index (χ2v) is 5.97. The van der Waals surface area contributed by atoms with Crippen LogP contribution in [-0.4, -0.2) is 40.2 Å². The number of benzene rings is 1. The molecule has 2 aromatic rings. The molecular formula is C16H18F3N5O. The van der Waals surface area contributed by atoms with Crippen molar-refractivity contribution in [3.63, 3.8) is 0 Å². The van der Waals surface area contributed by atoms with Gasteiger partial charge in [0, 0.05) is 5.69 Å². The predicted molar refractivity (Wildman–Crippen MR) is 85.3 cm³/mol. The fourth-order valence-electron chi connectivity index (χ4n) is 2.83. The van der Waals surface area contributed by atoms with Crippen molar-refractivity contribution in [2.24, 2.45) is 0 Å². The standard InChI is InChI=1S/C16H18F3N5O/c17-16(18,19)9-11-3-1-2-4-13(11)21-15(25)14-10-24(23-22-14)12-5-7-20-8-6-12/h1-4,10,12,20H,5-9H2,(H,21,25). The van der Waals surface area contributed by atoms with Crippen molar-refractivity contribution in [2.75, 3.05) is 18.4 Å².